The second-order valence-electron chi connectivity index (χ2n) is 10.2. The molecule has 8 nitrogen and oxygen atoms in total. The van der Waals surface area contributed by atoms with Crippen LogP contribution in [-0.4, -0.2) is 67.9 Å². The summed E-state index contributed by atoms with van der Waals surface area (Å²) in [6.07, 6.45) is 5.42. The standard InChI is InChI=1S/C27H33N5O3Si/c1-36(2,3)15-14-34-19-35-25-7-8-28-18-23(25)20-4-5-24-22(16-20)27(31-30-24)21-6-9-29-26(17-21)32-10-12-33-13-11-32/h4-9,16-18H,10-15,19H2,1-3H3,(H,30,31). The molecule has 1 aliphatic rings. The Morgan fingerprint density at radius 1 is 1.03 bits per heavy atom. The first-order valence-corrected chi connectivity index (χ1v) is 16.1. The van der Waals surface area contributed by atoms with Crippen molar-refractivity contribution in [3.05, 3.63) is 55.0 Å². The van der Waals surface area contributed by atoms with Gasteiger partial charge in [0.1, 0.15) is 17.3 Å². The monoisotopic (exact) mass is 503 g/mol. The maximum atomic E-state index is 6.00. The second-order valence-corrected chi connectivity index (χ2v) is 15.8. The highest BCUT2D eigenvalue weighted by Crippen LogP contribution is 2.34. The van der Waals surface area contributed by atoms with E-state index in [1.165, 1.54) is 0 Å². The van der Waals surface area contributed by atoms with Gasteiger partial charge in [0.05, 0.1) is 18.7 Å². The molecule has 1 aromatic carbocycles. The highest BCUT2D eigenvalue weighted by molar-refractivity contribution is 6.76. The molecule has 1 N–H and O–H groups in total. The fraction of sp³-hybridized carbons (Fsp3) is 0.370. The van der Waals surface area contributed by atoms with Crippen LogP contribution in [0, 0.1) is 0 Å². The van der Waals surface area contributed by atoms with E-state index in [1.807, 2.05) is 30.6 Å². The number of aromatic nitrogens is 4. The van der Waals surface area contributed by atoms with Gasteiger partial charge >= 0.3 is 0 Å². The third-order valence-electron chi connectivity index (χ3n) is 6.30. The number of morpholine rings is 1. The lowest BCUT2D eigenvalue weighted by Crippen LogP contribution is -2.36. The summed E-state index contributed by atoms with van der Waals surface area (Å²) in [5, 5.41) is 8.85. The summed E-state index contributed by atoms with van der Waals surface area (Å²) in [4.78, 5) is 11.2. The van der Waals surface area contributed by atoms with Crippen molar-refractivity contribution in [2.75, 3.05) is 44.6 Å². The van der Waals surface area contributed by atoms with E-state index in [-0.39, 0.29) is 6.79 Å². The van der Waals surface area contributed by atoms with Crippen LogP contribution in [-0.2, 0) is 9.47 Å². The number of rotatable bonds is 9. The molecule has 1 aliphatic heterocycles. The highest BCUT2D eigenvalue weighted by Gasteiger charge is 2.16. The first kappa shape index (κ1) is 24.4. The molecule has 0 aliphatic carbocycles. The Balaban J connectivity index is 1.39. The Morgan fingerprint density at radius 2 is 1.89 bits per heavy atom. The minimum Gasteiger partial charge on any atom is -0.467 e. The topological polar surface area (TPSA) is 85.4 Å². The summed E-state index contributed by atoms with van der Waals surface area (Å²) in [6.45, 7) is 11.1. The van der Waals surface area contributed by atoms with E-state index in [0.29, 0.717) is 0 Å². The molecule has 4 heterocycles. The summed E-state index contributed by atoms with van der Waals surface area (Å²) in [5.74, 6) is 1.70. The van der Waals surface area contributed by atoms with Crippen LogP contribution in [0.15, 0.2) is 55.0 Å². The predicted molar refractivity (Wildman–Crippen MR) is 145 cm³/mol. The lowest BCUT2D eigenvalue weighted by molar-refractivity contribution is 0.0223. The molecule has 0 bridgehead atoms. The van der Waals surface area contributed by atoms with E-state index in [2.05, 4.69) is 62.9 Å². The van der Waals surface area contributed by atoms with Gasteiger partial charge in [0.15, 0.2) is 6.79 Å². The third-order valence-corrected chi connectivity index (χ3v) is 8.01. The van der Waals surface area contributed by atoms with E-state index < -0.39 is 8.07 Å². The quantitative estimate of drug-likeness (QED) is 0.190. The maximum absolute atomic E-state index is 6.00. The first-order valence-electron chi connectivity index (χ1n) is 12.4. The van der Waals surface area contributed by atoms with Gasteiger partial charge in [-0.1, -0.05) is 25.7 Å². The summed E-state index contributed by atoms with van der Waals surface area (Å²) in [7, 11) is -1.13. The fourth-order valence-corrected chi connectivity index (χ4v) is 4.96. The normalized spacial score (nSPS) is 14.4. The molecular formula is C27H33N5O3Si. The zero-order valence-electron chi connectivity index (χ0n) is 21.2. The molecule has 1 saturated heterocycles. The highest BCUT2D eigenvalue weighted by atomic mass is 28.3. The molecule has 0 unspecified atom stereocenters. The van der Waals surface area contributed by atoms with Gasteiger partial charge in [-0.25, -0.2) is 4.98 Å². The second kappa shape index (κ2) is 10.8. The molecule has 1 fully saturated rings. The lowest BCUT2D eigenvalue weighted by atomic mass is 10.0. The summed E-state index contributed by atoms with van der Waals surface area (Å²) >= 11 is 0. The van der Waals surface area contributed by atoms with Crippen molar-refractivity contribution < 1.29 is 14.2 Å². The average Bonchev–Trinajstić information content (AvgIpc) is 3.32. The van der Waals surface area contributed by atoms with Gasteiger partial charge < -0.3 is 19.1 Å². The van der Waals surface area contributed by atoms with Crippen molar-refractivity contribution in [3.8, 4) is 28.1 Å². The molecule has 0 atom stereocenters. The van der Waals surface area contributed by atoms with E-state index >= 15 is 0 Å². The largest absolute Gasteiger partial charge is 0.467 e. The van der Waals surface area contributed by atoms with Crippen molar-refractivity contribution in [2.45, 2.75) is 25.7 Å². The van der Waals surface area contributed by atoms with Crippen LogP contribution >= 0.6 is 0 Å². The molecular weight excluding hydrogens is 470 g/mol. The van der Waals surface area contributed by atoms with Crippen LogP contribution in [0.3, 0.4) is 0 Å². The molecule has 4 aromatic rings. The van der Waals surface area contributed by atoms with Gasteiger partial charge in [-0.3, -0.25) is 10.1 Å². The van der Waals surface area contributed by atoms with Crippen LogP contribution in [0.25, 0.3) is 33.3 Å². The van der Waals surface area contributed by atoms with E-state index in [0.717, 1.165) is 83.8 Å². The minimum atomic E-state index is -1.13. The number of ether oxygens (including phenoxy) is 3. The van der Waals surface area contributed by atoms with Crippen molar-refractivity contribution in [3.63, 3.8) is 0 Å². The number of hydrogen-bond acceptors (Lipinski definition) is 7. The molecule has 0 saturated carbocycles. The fourth-order valence-electron chi connectivity index (χ4n) is 4.20. The van der Waals surface area contributed by atoms with Gasteiger partial charge in [-0.05, 0) is 41.9 Å². The molecule has 3 aromatic heterocycles. The number of anilines is 1. The summed E-state index contributed by atoms with van der Waals surface area (Å²) in [6, 6.07) is 13.3. The average molecular weight is 504 g/mol. The van der Waals surface area contributed by atoms with Crippen molar-refractivity contribution in [2.24, 2.45) is 0 Å². The lowest BCUT2D eigenvalue weighted by Gasteiger charge is -2.27. The molecule has 0 amide bonds. The maximum Gasteiger partial charge on any atom is 0.189 e. The Hall–Kier alpha value is -3.27. The van der Waals surface area contributed by atoms with Gasteiger partial charge in [-0.2, -0.15) is 5.10 Å². The van der Waals surface area contributed by atoms with Crippen LogP contribution in [0.5, 0.6) is 5.75 Å². The van der Waals surface area contributed by atoms with Gasteiger partial charge in [0.2, 0.25) is 0 Å². The number of benzene rings is 1. The Labute approximate surface area is 212 Å². The van der Waals surface area contributed by atoms with Crippen molar-refractivity contribution in [1.29, 1.82) is 0 Å². The van der Waals surface area contributed by atoms with Crippen LogP contribution in [0.1, 0.15) is 0 Å². The number of H-pyrrole nitrogens is 1. The Bertz CT molecular complexity index is 1310. The van der Waals surface area contributed by atoms with E-state index in [4.69, 9.17) is 14.2 Å². The number of aromatic amines is 1. The first-order chi connectivity index (χ1) is 17.5. The van der Waals surface area contributed by atoms with Crippen molar-refractivity contribution >= 4 is 24.8 Å². The smallest absolute Gasteiger partial charge is 0.189 e. The molecule has 36 heavy (non-hydrogen) atoms. The van der Waals surface area contributed by atoms with Crippen LogP contribution in [0.4, 0.5) is 5.82 Å². The van der Waals surface area contributed by atoms with Crippen LogP contribution in [0.2, 0.25) is 25.7 Å². The number of pyridine rings is 2. The Kier molecular flexibility index (Phi) is 7.31. The molecule has 0 spiro atoms. The van der Waals surface area contributed by atoms with Crippen LogP contribution < -0.4 is 9.64 Å². The van der Waals surface area contributed by atoms with Gasteiger partial charge in [0, 0.05) is 62.9 Å². The van der Waals surface area contributed by atoms with E-state index in [1.54, 1.807) is 6.20 Å². The molecule has 188 valence electrons. The number of nitrogens with zero attached hydrogens (tertiary/aromatic N) is 4. The summed E-state index contributed by atoms with van der Waals surface area (Å²) in [5.41, 5.74) is 4.82. The number of nitrogens with one attached hydrogen (secondary N) is 1. The zero-order valence-corrected chi connectivity index (χ0v) is 22.2. The molecule has 0 radical (unpaired) electrons. The third kappa shape index (κ3) is 5.75. The number of fused-ring (bicyclic) bond motifs is 1. The molecule has 9 heteroatoms. The summed E-state index contributed by atoms with van der Waals surface area (Å²) < 4.78 is 17.3. The van der Waals surface area contributed by atoms with E-state index in [9.17, 15) is 0 Å². The van der Waals surface area contributed by atoms with Gasteiger partial charge in [-0.15, -0.1) is 0 Å². The van der Waals surface area contributed by atoms with Gasteiger partial charge in [0.25, 0.3) is 0 Å². The number of hydrogen-bond donors (Lipinski definition) is 1. The Morgan fingerprint density at radius 3 is 2.72 bits per heavy atom. The van der Waals surface area contributed by atoms with Crippen molar-refractivity contribution in [1.82, 2.24) is 20.2 Å². The predicted octanol–water partition coefficient (Wildman–Crippen LogP) is 5.21. The SMILES string of the molecule is C[Si](C)(C)CCOCOc1ccncc1-c1ccc2[nH]nc(-c3ccnc(N4CCOCC4)c3)c2c1. The minimum absolute atomic E-state index is 0.224. The zero-order chi connectivity index (χ0) is 25.0. The molecule has 5 rings (SSSR count).